The Kier molecular flexibility index (Phi) is 18.3. The zero-order chi connectivity index (χ0) is 44.7. The Morgan fingerprint density at radius 3 is 1.97 bits per heavy atom. The van der Waals surface area contributed by atoms with Crippen LogP contribution < -0.4 is 4.74 Å². The van der Waals surface area contributed by atoms with Crippen molar-refractivity contribution >= 4 is 22.1 Å². The van der Waals surface area contributed by atoms with E-state index in [1.807, 2.05) is 97.1 Å². The van der Waals surface area contributed by atoms with Crippen LogP contribution in [0.1, 0.15) is 100 Å². The van der Waals surface area contributed by atoms with E-state index in [2.05, 4.69) is 52.9 Å². The highest BCUT2D eigenvalue weighted by molar-refractivity contribution is 7.48. The minimum Gasteiger partial charge on any atom is -0.482 e. The monoisotopic (exact) mass is 898 g/mol. The number of fused-ring (bicyclic) bond motifs is 2. The summed E-state index contributed by atoms with van der Waals surface area (Å²) in [5.74, 6) is 1.69. The number of carbonyl (C=O) groups is 1. The van der Waals surface area contributed by atoms with E-state index in [1.165, 1.54) is 11.1 Å². The molecule has 1 saturated carbocycles. The van der Waals surface area contributed by atoms with Gasteiger partial charge in [0, 0.05) is 6.10 Å². The first-order valence-electron chi connectivity index (χ1n) is 23.2. The predicted molar refractivity (Wildman–Crippen MR) is 252 cm³/mol. The van der Waals surface area contributed by atoms with Gasteiger partial charge in [-0.1, -0.05) is 150 Å². The molecule has 0 N–H and O–H groups in total. The maximum Gasteiger partial charge on any atom is 0.475 e. The van der Waals surface area contributed by atoms with Crippen molar-refractivity contribution in [2.24, 2.45) is 17.8 Å². The van der Waals surface area contributed by atoms with Crippen molar-refractivity contribution in [1.29, 1.82) is 0 Å². The smallest absolute Gasteiger partial charge is 0.475 e. The molecule has 2 aliphatic carbocycles. The van der Waals surface area contributed by atoms with Gasteiger partial charge in [-0.15, -0.1) is 0 Å². The van der Waals surface area contributed by atoms with Crippen LogP contribution in [0.2, 0.25) is 18.1 Å². The van der Waals surface area contributed by atoms with Gasteiger partial charge in [0.1, 0.15) is 12.4 Å². The number of ether oxygens (including phenoxy) is 3. The Bertz CT molecular complexity index is 1980. The zero-order valence-electron chi connectivity index (χ0n) is 38.5. The van der Waals surface area contributed by atoms with Gasteiger partial charge in [0.15, 0.2) is 14.9 Å². The molecular weight excluding hydrogens is 828 g/mol. The summed E-state index contributed by atoms with van der Waals surface area (Å²) < 4.78 is 57.3. The van der Waals surface area contributed by atoms with Crippen LogP contribution in [0.25, 0.3) is 0 Å². The van der Waals surface area contributed by atoms with Gasteiger partial charge in [-0.3, -0.25) is 13.6 Å². The highest BCUT2D eigenvalue weighted by atomic mass is 31.2. The summed E-state index contributed by atoms with van der Waals surface area (Å²) in [4.78, 5) is 12.7. The van der Waals surface area contributed by atoms with Crippen molar-refractivity contribution in [3.05, 3.63) is 137 Å². The second-order valence-corrected chi connectivity index (χ2v) is 25.3. The highest BCUT2D eigenvalue weighted by Crippen LogP contribution is 2.53. The molecule has 6 rings (SSSR count). The van der Waals surface area contributed by atoms with Crippen molar-refractivity contribution in [3.8, 4) is 5.75 Å². The predicted octanol–water partition coefficient (Wildman–Crippen LogP) is 12.9. The maximum atomic E-state index is 14.0. The number of hydrogen-bond donors (Lipinski definition) is 0. The largest absolute Gasteiger partial charge is 0.482 e. The van der Waals surface area contributed by atoms with E-state index >= 15 is 0 Å². The van der Waals surface area contributed by atoms with E-state index in [0.717, 1.165) is 80.2 Å². The third kappa shape index (κ3) is 14.7. The number of hydrogen-bond acceptors (Lipinski definition) is 9. The summed E-state index contributed by atoms with van der Waals surface area (Å²) in [7, 11) is -5.99. The Morgan fingerprint density at radius 2 is 1.37 bits per heavy atom. The van der Waals surface area contributed by atoms with Gasteiger partial charge in [-0.2, -0.15) is 0 Å². The average Bonchev–Trinajstić information content (AvgIpc) is 3.61. The van der Waals surface area contributed by atoms with Crippen LogP contribution in [0, 0.1) is 17.8 Å². The molecule has 11 heteroatoms. The van der Waals surface area contributed by atoms with E-state index in [0.29, 0.717) is 17.8 Å². The molecular formula is C52H71O9PSi. The van der Waals surface area contributed by atoms with Crippen LogP contribution in [-0.2, 0) is 69.5 Å². The minimum absolute atomic E-state index is 0.0279. The van der Waals surface area contributed by atoms with Crippen LogP contribution in [0.5, 0.6) is 5.75 Å². The van der Waals surface area contributed by atoms with Gasteiger partial charge < -0.3 is 18.6 Å². The van der Waals surface area contributed by atoms with Crippen molar-refractivity contribution in [2.45, 2.75) is 136 Å². The molecule has 4 aromatic carbocycles. The second kappa shape index (κ2) is 23.5. The average molecular weight is 899 g/mol. The van der Waals surface area contributed by atoms with Gasteiger partial charge in [-0.25, -0.2) is 9.36 Å². The molecule has 63 heavy (non-hydrogen) atoms. The van der Waals surface area contributed by atoms with E-state index < -0.39 is 16.1 Å². The fourth-order valence-electron chi connectivity index (χ4n) is 8.76. The standard InChI is InChI=1S/C52H71O9PSi/c1-7-8-12-27-45(55-31-32-58-62(54,59-37-41-22-15-10-16-23-41)60-38-42-24-17-11-18-25-42)29-30-46-47-33-43-26-19-28-49(56-39-51(53)57-36-40-20-13-9-14-21-40)48(43)34-44(47)35-50(46)61-63(5,6)52(2,3)4/h9-11,13-26,28,44-47,50H,7-8,12,27,29-39H2,1-6H3/t44-,45-,46+,47-,50+/m0/s1. The molecule has 9 nitrogen and oxygen atoms in total. The number of unbranched alkanes of at least 4 members (excludes halogenated alkanes) is 2. The van der Waals surface area contributed by atoms with Gasteiger partial charge >= 0.3 is 13.8 Å². The lowest BCUT2D eigenvalue weighted by molar-refractivity contribution is -0.147. The Hall–Kier alpha value is -3.60. The molecule has 0 aliphatic heterocycles. The normalized spacial score (nSPS) is 19.3. The number of carbonyl (C=O) groups excluding carboxylic acids is 1. The quantitative estimate of drug-likeness (QED) is 0.0279. The molecule has 0 amide bonds. The number of rotatable bonds is 25. The molecule has 0 unspecified atom stereocenters. The highest BCUT2D eigenvalue weighted by Gasteiger charge is 2.49. The lowest BCUT2D eigenvalue weighted by Crippen LogP contribution is -2.45. The number of phosphoric ester groups is 1. The third-order valence-corrected chi connectivity index (χ3v) is 19.2. The van der Waals surface area contributed by atoms with Gasteiger partial charge in [-0.05, 0) is 108 Å². The van der Waals surface area contributed by atoms with Gasteiger partial charge in [0.2, 0.25) is 0 Å². The van der Waals surface area contributed by atoms with Crippen LogP contribution >= 0.6 is 7.82 Å². The molecule has 4 aromatic rings. The molecule has 0 spiro atoms. The number of phosphoric acid groups is 1. The molecule has 0 aromatic heterocycles. The molecule has 0 saturated heterocycles. The van der Waals surface area contributed by atoms with Crippen molar-refractivity contribution < 1.29 is 41.6 Å². The molecule has 2 aliphatic rings. The summed E-state index contributed by atoms with van der Waals surface area (Å²) in [5, 5.41) is 0.0886. The van der Waals surface area contributed by atoms with Crippen molar-refractivity contribution in [1.82, 2.24) is 0 Å². The maximum absolute atomic E-state index is 14.0. The summed E-state index contributed by atoms with van der Waals surface area (Å²) in [6.07, 6.45) is 9.24. The first-order chi connectivity index (χ1) is 30.3. The summed E-state index contributed by atoms with van der Waals surface area (Å²) >= 11 is 0. The molecule has 1 fully saturated rings. The molecule has 342 valence electrons. The fourth-order valence-corrected chi connectivity index (χ4v) is 11.3. The first kappa shape index (κ1) is 48.8. The van der Waals surface area contributed by atoms with Crippen LogP contribution in [-0.4, -0.2) is 46.3 Å². The Labute approximate surface area is 378 Å². The lowest BCUT2D eigenvalue weighted by Gasteiger charge is -2.40. The van der Waals surface area contributed by atoms with Crippen molar-refractivity contribution in [2.75, 3.05) is 19.8 Å². The topological polar surface area (TPSA) is 98.8 Å². The van der Waals surface area contributed by atoms with E-state index in [-0.39, 0.29) is 62.9 Å². The third-order valence-electron chi connectivity index (χ3n) is 13.3. The zero-order valence-corrected chi connectivity index (χ0v) is 40.4. The SMILES string of the molecule is CCCCC[C@@H](CC[C@@H]1[C@H]2Cc3cccc(OCC(=O)OCc4ccccc4)c3C[C@H]2C[C@H]1O[Si](C)(C)C(C)(C)C)OCCOP(=O)(OCc1ccccc1)OCc1ccccc1. The first-order valence-corrected chi connectivity index (χ1v) is 27.5. The summed E-state index contributed by atoms with van der Waals surface area (Å²) in [6.45, 7) is 14.6. The number of benzene rings is 4. The van der Waals surface area contributed by atoms with Crippen LogP contribution in [0.3, 0.4) is 0 Å². The second-order valence-electron chi connectivity index (χ2n) is 18.8. The fraction of sp³-hybridized carbons (Fsp3) is 0.519. The summed E-state index contributed by atoms with van der Waals surface area (Å²) in [6, 6.07) is 35.2. The Morgan fingerprint density at radius 1 is 0.746 bits per heavy atom. The molecule has 5 atom stereocenters. The van der Waals surface area contributed by atoms with Gasteiger partial charge in [0.25, 0.3) is 0 Å². The number of esters is 1. The molecule has 0 radical (unpaired) electrons. The minimum atomic E-state index is -3.91. The Balaban J connectivity index is 1.10. The molecule has 0 heterocycles. The van der Waals surface area contributed by atoms with Crippen LogP contribution in [0.15, 0.2) is 109 Å². The van der Waals surface area contributed by atoms with Crippen molar-refractivity contribution in [3.63, 3.8) is 0 Å². The van der Waals surface area contributed by atoms with E-state index in [9.17, 15) is 9.36 Å². The van der Waals surface area contributed by atoms with Gasteiger partial charge in [0.05, 0.1) is 32.5 Å². The molecule has 0 bridgehead atoms. The summed E-state index contributed by atoms with van der Waals surface area (Å²) in [5.41, 5.74) is 5.22. The lowest BCUT2D eigenvalue weighted by atomic mass is 9.73. The van der Waals surface area contributed by atoms with Crippen LogP contribution in [0.4, 0.5) is 0 Å². The van der Waals surface area contributed by atoms with E-state index in [4.69, 9.17) is 32.2 Å². The van der Waals surface area contributed by atoms with E-state index in [1.54, 1.807) is 0 Å².